The van der Waals surface area contributed by atoms with Crippen LogP contribution in [0.1, 0.15) is 54.7 Å². The fourth-order valence-corrected chi connectivity index (χ4v) is 5.36. The van der Waals surface area contributed by atoms with Crippen molar-refractivity contribution in [1.82, 2.24) is 9.88 Å². The monoisotopic (exact) mass is 437 g/mol. The molecule has 170 valence electrons. The molecule has 3 heterocycles. The lowest BCUT2D eigenvalue weighted by atomic mass is 9.89. The van der Waals surface area contributed by atoms with Crippen LogP contribution in [0, 0.1) is 6.92 Å². The molecule has 0 aliphatic carbocycles. The number of anilines is 1. The summed E-state index contributed by atoms with van der Waals surface area (Å²) in [5.74, 6) is 1.77. The molecule has 0 spiro atoms. The molecular weight excluding hydrogens is 402 g/mol. The maximum atomic E-state index is 4.81. The van der Waals surface area contributed by atoms with E-state index < -0.39 is 0 Å². The van der Waals surface area contributed by atoms with Crippen LogP contribution in [0.4, 0.5) is 5.82 Å². The number of aryl methyl sites for hydroxylation is 1. The van der Waals surface area contributed by atoms with E-state index >= 15 is 0 Å². The minimum Gasteiger partial charge on any atom is -0.371 e. The first-order chi connectivity index (χ1) is 16.2. The Hall–Kier alpha value is -3.07. The standard InChI is InChI=1S/C30H35N3/c1-23-11-12-27(24(2)32-19-15-26(16-20-32)25-9-5-3-6-10-25)21-29(23)28-13-14-30(31-22-28)33-17-7-4-8-18-33/h3,5-6,9-14,21-22,26H,2,4,7-8,15-20H2,1H3. The Balaban J connectivity index is 1.29. The molecular formula is C30H35N3. The minimum atomic E-state index is 0.660. The highest BCUT2D eigenvalue weighted by Gasteiger charge is 2.22. The van der Waals surface area contributed by atoms with Gasteiger partial charge in [0.25, 0.3) is 0 Å². The molecule has 2 aromatic carbocycles. The van der Waals surface area contributed by atoms with Gasteiger partial charge in [-0.25, -0.2) is 4.98 Å². The number of piperidine rings is 2. The third kappa shape index (κ3) is 4.83. The van der Waals surface area contributed by atoms with E-state index in [0.717, 1.165) is 37.7 Å². The zero-order chi connectivity index (χ0) is 22.6. The second-order valence-electron chi connectivity index (χ2n) is 9.60. The quantitative estimate of drug-likeness (QED) is 0.433. The van der Waals surface area contributed by atoms with Gasteiger partial charge in [-0.3, -0.25) is 0 Å². The number of rotatable bonds is 5. The van der Waals surface area contributed by atoms with E-state index in [1.165, 1.54) is 59.9 Å². The molecule has 3 aromatic rings. The third-order valence-electron chi connectivity index (χ3n) is 7.46. The van der Waals surface area contributed by atoms with Gasteiger partial charge in [-0.2, -0.15) is 0 Å². The summed E-state index contributed by atoms with van der Waals surface area (Å²) in [5, 5.41) is 0. The number of hydrogen-bond donors (Lipinski definition) is 0. The molecule has 0 N–H and O–H groups in total. The van der Waals surface area contributed by atoms with Gasteiger partial charge in [0.05, 0.1) is 0 Å². The summed E-state index contributed by atoms with van der Waals surface area (Å²) in [7, 11) is 0. The van der Waals surface area contributed by atoms with Gasteiger partial charge in [0, 0.05) is 43.6 Å². The van der Waals surface area contributed by atoms with Crippen LogP contribution in [0.5, 0.6) is 0 Å². The van der Waals surface area contributed by atoms with Crippen molar-refractivity contribution in [2.45, 2.75) is 44.9 Å². The molecule has 3 heteroatoms. The molecule has 0 amide bonds. The van der Waals surface area contributed by atoms with Gasteiger partial charge in [0.15, 0.2) is 0 Å². The zero-order valence-corrected chi connectivity index (χ0v) is 19.8. The molecule has 0 unspecified atom stereocenters. The van der Waals surface area contributed by atoms with Crippen molar-refractivity contribution in [1.29, 1.82) is 0 Å². The molecule has 0 atom stereocenters. The molecule has 1 aromatic heterocycles. The van der Waals surface area contributed by atoms with E-state index in [2.05, 4.69) is 84.0 Å². The molecule has 2 saturated heterocycles. The van der Waals surface area contributed by atoms with E-state index in [-0.39, 0.29) is 0 Å². The van der Waals surface area contributed by atoms with Gasteiger partial charge in [-0.15, -0.1) is 0 Å². The maximum absolute atomic E-state index is 4.81. The summed E-state index contributed by atoms with van der Waals surface area (Å²) in [6.07, 6.45) is 8.30. The molecule has 33 heavy (non-hydrogen) atoms. The van der Waals surface area contributed by atoms with Crippen LogP contribution in [0.25, 0.3) is 16.8 Å². The predicted octanol–water partition coefficient (Wildman–Crippen LogP) is 6.90. The SMILES string of the molecule is C=C(c1ccc(C)c(-c2ccc(N3CCCCC3)nc2)c1)N1CCC(c2ccccc2)CC1. The Morgan fingerprint density at radius 2 is 1.64 bits per heavy atom. The summed E-state index contributed by atoms with van der Waals surface area (Å²) >= 11 is 0. The Kier molecular flexibility index (Phi) is 6.48. The molecule has 2 aliphatic heterocycles. The van der Waals surface area contributed by atoms with Gasteiger partial charge in [0.2, 0.25) is 0 Å². The summed E-state index contributed by atoms with van der Waals surface area (Å²) in [5.41, 5.74) is 7.55. The first-order valence-corrected chi connectivity index (χ1v) is 12.5. The molecule has 2 fully saturated rings. The average Bonchev–Trinajstić information content (AvgIpc) is 2.90. The molecule has 3 nitrogen and oxygen atoms in total. The summed E-state index contributed by atoms with van der Waals surface area (Å²) < 4.78 is 0. The van der Waals surface area contributed by atoms with E-state index in [4.69, 9.17) is 4.98 Å². The van der Waals surface area contributed by atoms with Crippen molar-refractivity contribution < 1.29 is 0 Å². The number of nitrogens with zero attached hydrogens (tertiary/aromatic N) is 3. The Labute approximate surface area is 198 Å². The summed E-state index contributed by atoms with van der Waals surface area (Å²) in [4.78, 5) is 9.69. The highest BCUT2D eigenvalue weighted by molar-refractivity contribution is 5.73. The second kappa shape index (κ2) is 9.82. The van der Waals surface area contributed by atoms with Crippen LogP contribution < -0.4 is 4.90 Å². The zero-order valence-electron chi connectivity index (χ0n) is 19.8. The van der Waals surface area contributed by atoms with Crippen molar-refractivity contribution in [2.75, 3.05) is 31.1 Å². The lowest BCUT2D eigenvalue weighted by molar-refractivity contribution is 0.299. The van der Waals surface area contributed by atoms with E-state index in [0.29, 0.717) is 5.92 Å². The smallest absolute Gasteiger partial charge is 0.128 e. The van der Waals surface area contributed by atoms with Gasteiger partial charge in [-0.1, -0.05) is 49.0 Å². The maximum Gasteiger partial charge on any atom is 0.128 e. The van der Waals surface area contributed by atoms with E-state index in [1.54, 1.807) is 0 Å². The fourth-order valence-electron chi connectivity index (χ4n) is 5.36. The highest BCUT2D eigenvalue weighted by atomic mass is 15.2. The number of hydrogen-bond acceptors (Lipinski definition) is 3. The normalized spacial score (nSPS) is 17.2. The van der Waals surface area contributed by atoms with Crippen LogP contribution in [0.2, 0.25) is 0 Å². The number of likely N-dealkylation sites (tertiary alicyclic amines) is 1. The van der Waals surface area contributed by atoms with Gasteiger partial charge >= 0.3 is 0 Å². The van der Waals surface area contributed by atoms with Crippen molar-refractivity contribution in [3.05, 3.63) is 90.1 Å². The molecule has 0 saturated carbocycles. The number of benzene rings is 2. The average molecular weight is 438 g/mol. The minimum absolute atomic E-state index is 0.660. The van der Waals surface area contributed by atoms with Crippen LogP contribution >= 0.6 is 0 Å². The van der Waals surface area contributed by atoms with Crippen LogP contribution in [-0.4, -0.2) is 36.1 Å². The third-order valence-corrected chi connectivity index (χ3v) is 7.46. The predicted molar refractivity (Wildman–Crippen MR) is 139 cm³/mol. The van der Waals surface area contributed by atoms with Crippen LogP contribution in [-0.2, 0) is 0 Å². The number of pyridine rings is 1. The first kappa shape index (κ1) is 21.8. The highest BCUT2D eigenvalue weighted by Crippen LogP contribution is 2.33. The first-order valence-electron chi connectivity index (χ1n) is 12.5. The molecule has 5 rings (SSSR count). The van der Waals surface area contributed by atoms with Crippen molar-refractivity contribution >= 4 is 11.5 Å². The van der Waals surface area contributed by atoms with E-state index in [1.807, 2.05) is 6.20 Å². The Morgan fingerprint density at radius 3 is 2.33 bits per heavy atom. The Bertz CT molecular complexity index is 1070. The Morgan fingerprint density at radius 1 is 0.879 bits per heavy atom. The molecule has 0 bridgehead atoms. The molecule has 2 aliphatic rings. The second-order valence-corrected chi connectivity index (χ2v) is 9.60. The van der Waals surface area contributed by atoms with E-state index in [9.17, 15) is 0 Å². The van der Waals surface area contributed by atoms with Crippen molar-refractivity contribution in [2.24, 2.45) is 0 Å². The lowest BCUT2D eigenvalue weighted by Gasteiger charge is -2.35. The summed E-state index contributed by atoms with van der Waals surface area (Å²) in [6.45, 7) is 11.1. The van der Waals surface area contributed by atoms with Crippen LogP contribution in [0.15, 0.2) is 73.4 Å². The van der Waals surface area contributed by atoms with Gasteiger partial charge in [0.1, 0.15) is 5.82 Å². The van der Waals surface area contributed by atoms with Crippen molar-refractivity contribution in [3.63, 3.8) is 0 Å². The van der Waals surface area contributed by atoms with Gasteiger partial charge < -0.3 is 9.80 Å². The lowest BCUT2D eigenvalue weighted by Crippen LogP contribution is -2.31. The largest absolute Gasteiger partial charge is 0.371 e. The summed E-state index contributed by atoms with van der Waals surface area (Å²) in [6, 6.07) is 22.1. The number of aromatic nitrogens is 1. The fraction of sp³-hybridized carbons (Fsp3) is 0.367. The van der Waals surface area contributed by atoms with Gasteiger partial charge in [-0.05, 0) is 85.4 Å². The van der Waals surface area contributed by atoms with Crippen LogP contribution in [0.3, 0.4) is 0 Å². The van der Waals surface area contributed by atoms with Crippen molar-refractivity contribution in [3.8, 4) is 11.1 Å². The molecule has 0 radical (unpaired) electrons. The topological polar surface area (TPSA) is 19.4 Å².